The van der Waals surface area contributed by atoms with Crippen LogP contribution in [-0.4, -0.2) is 69.3 Å². The van der Waals surface area contributed by atoms with E-state index in [0.29, 0.717) is 0 Å². The third kappa shape index (κ3) is 2.39. The maximum absolute atomic E-state index is 12.5. The van der Waals surface area contributed by atoms with E-state index in [1.807, 2.05) is 0 Å². The number of carbonyl (C=O) groups excluding carboxylic acids is 1. The molecule has 1 saturated carbocycles. The molecule has 8 atom stereocenters. The number of carboxylic acids is 1. The Morgan fingerprint density at radius 1 is 1.09 bits per heavy atom. The molecule has 0 radical (unpaired) electrons. The summed E-state index contributed by atoms with van der Waals surface area (Å²) in [7, 11) is 0. The molecule has 0 aromatic carbocycles. The Hall–Kier alpha value is -0.480. The first kappa shape index (κ1) is 17.3. The van der Waals surface area contributed by atoms with Crippen molar-refractivity contribution in [3.05, 3.63) is 0 Å². The molecule has 0 amide bonds. The molecule has 2 N–H and O–H groups in total. The fourth-order valence-electron chi connectivity index (χ4n) is 3.70. The molecular weight excluding hydrogens is 344 g/mol. The smallest absolute Gasteiger partial charge is 0.311 e. The van der Waals surface area contributed by atoms with Gasteiger partial charge in [0.2, 0.25) is 0 Å². The largest absolute Gasteiger partial charge is 0.481 e. The van der Waals surface area contributed by atoms with Crippen LogP contribution in [0.1, 0.15) is 13.8 Å². The third-order valence-electron chi connectivity index (χ3n) is 5.34. The molecule has 2 aliphatic heterocycles. The van der Waals surface area contributed by atoms with Crippen LogP contribution in [0.15, 0.2) is 0 Å². The zero-order chi connectivity index (χ0) is 17.2. The number of fused-ring (bicyclic) bond motifs is 1. The van der Waals surface area contributed by atoms with Crippen molar-refractivity contribution < 1.29 is 34.0 Å². The monoisotopic (exact) mass is 364 g/mol. The number of hydrogen-bond acceptors (Lipinski definition) is 8. The Kier molecular flexibility index (Phi) is 4.16. The minimum atomic E-state index is -1.11. The molecular formula is C14H20O7S2. The van der Waals surface area contributed by atoms with Crippen LogP contribution in [0.5, 0.6) is 0 Å². The normalized spacial score (nSPS) is 51.9. The number of aliphatic hydroxyl groups excluding tert-OH is 1. The van der Waals surface area contributed by atoms with E-state index in [1.165, 1.54) is 0 Å². The molecule has 0 bridgehead atoms. The third-order valence-corrected chi connectivity index (χ3v) is 7.00. The van der Waals surface area contributed by atoms with Crippen molar-refractivity contribution in [2.24, 2.45) is 11.8 Å². The number of hydrogen-bond donors (Lipinski definition) is 4. The topological polar surface area (TPSA) is 102 Å². The van der Waals surface area contributed by atoms with E-state index < -0.39 is 57.7 Å². The highest BCUT2D eigenvalue weighted by molar-refractivity contribution is 7.86. The Morgan fingerprint density at radius 3 is 2.26 bits per heavy atom. The van der Waals surface area contributed by atoms with Gasteiger partial charge in [-0.25, -0.2) is 0 Å². The Labute approximate surface area is 144 Å². The molecule has 3 aliphatic rings. The van der Waals surface area contributed by atoms with Gasteiger partial charge in [0.1, 0.15) is 18.3 Å². The number of aliphatic carboxylic acids is 1. The lowest BCUT2D eigenvalue weighted by Gasteiger charge is -2.59. The summed E-state index contributed by atoms with van der Waals surface area (Å²) >= 11 is 8.84. The molecule has 7 nitrogen and oxygen atoms in total. The highest BCUT2D eigenvalue weighted by atomic mass is 32.1. The van der Waals surface area contributed by atoms with Crippen LogP contribution < -0.4 is 0 Å². The summed E-state index contributed by atoms with van der Waals surface area (Å²) in [4.78, 5) is 24.0. The summed E-state index contributed by atoms with van der Waals surface area (Å²) in [5.41, 5.74) is 0. The molecule has 0 aromatic rings. The number of esters is 1. The van der Waals surface area contributed by atoms with E-state index in [-0.39, 0.29) is 13.2 Å². The fourth-order valence-corrected chi connectivity index (χ4v) is 4.49. The van der Waals surface area contributed by atoms with Crippen molar-refractivity contribution in [3.8, 4) is 0 Å². The Morgan fingerprint density at radius 2 is 1.65 bits per heavy atom. The summed E-state index contributed by atoms with van der Waals surface area (Å²) in [6.07, 6.45) is -2.43. The summed E-state index contributed by atoms with van der Waals surface area (Å²) in [5, 5.41) is 19.1. The van der Waals surface area contributed by atoms with Gasteiger partial charge in [0.25, 0.3) is 0 Å². The summed E-state index contributed by atoms with van der Waals surface area (Å²) in [6, 6.07) is 0. The van der Waals surface area contributed by atoms with E-state index in [4.69, 9.17) is 14.2 Å². The van der Waals surface area contributed by atoms with Gasteiger partial charge < -0.3 is 24.4 Å². The molecule has 130 valence electrons. The van der Waals surface area contributed by atoms with Gasteiger partial charge in [0, 0.05) is 9.49 Å². The Bertz CT molecular complexity index is 535. The lowest BCUT2D eigenvalue weighted by Crippen LogP contribution is -2.72. The van der Waals surface area contributed by atoms with Crippen LogP contribution in [0, 0.1) is 11.8 Å². The van der Waals surface area contributed by atoms with E-state index in [1.54, 1.807) is 13.8 Å². The first-order valence-electron chi connectivity index (χ1n) is 7.38. The molecule has 23 heavy (non-hydrogen) atoms. The van der Waals surface area contributed by atoms with Gasteiger partial charge in [-0.15, -0.1) is 0 Å². The first-order chi connectivity index (χ1) is 10.6. The number of ether oxygens (including phenoxy) is 3. The number of aliphatic hydroxyl groups is 1. The first-order valence-corrected chi connectivity index (χ1v) is 8.27. The van der Waals surface area contributed by atoms with Crippen molar-refractivity contribution in [1.82, 2.24) is 0 Å². The summed E-state index contributed by atoms with van der Waals surface area (Å²) in [6.45, 7) is 3.57. The summed E-state index contributed by atoms with van der Waals surface area (Å²) < 4.78 is 14.4. The van der Waals surface area contributed by atoms with Crippen LogP contribution in [0.4, 0.5) is 0 Å². The van der Waals surface area contributed by atoms with Gasteiger partial charge in [-0.2, -0.15) is 25.3 Å². The molecule has 3 rings (SSSR count). The van der Waals surface area contributed by atoms with Gasteiger partial charge >= 0.3 is 11.9 Å². The van der Waals surface area contributed by atoms with Crippen molar-refractivity contribution >= 4 is 37.2 Å². The second kappa shape index (κ2) is 5.52. The van der Waals surface area contributed by atoms with Crippen molar-refractivity contribution in [3.63, 3.8) is 0 Å². The molecule has 2 heterocycles. The zero-order valence-corrected chi connectivity index (χ0v) is 14.5. The predicted octanol–water partition coefficient (Wildman–Crippen LogP) is -0.236. The van der Waals surface area contributed by atoms with Gasteiger partial charge in [0.05, 0.1) is 25.0 Å². The summed E-state index contributed by atoms with van der Waals surface area (Å²) in [5.74, 6) is -3.67. The second-order valence-corrected chi connectivity index (χ2v) is 8.59. The van der Waals surface area contributed by atoms with Gasteiger partial charge in [0.15, 0.2) is 6.10 Å². The molecule has 3 fully saturated rings. The zero-order valence-electron chi connectivity index (χ0n) is 12.7. The number of carboxylic acid groups (broad SMARTS) is 1. The van der Waals surface area contributed by atoms with Gasteiger partial charge in [-0.1, -0.05) is 0 Å². The van der Waals surface area contributed by atoms with Crippen LogP contribution in [0.2, 0.25) is 0 Å². The van der Waals surface area contributed by atoms with Crippen molar-refractivity contribution in [2.45, 2.75) is 47.8 Å². The molecule has 4 unspecified atom stereocenters. The SMILES string of the molecule is CC1(S)C(C(=O)O)C(C(=O)O[C@@H]2CO[C@H]3[C@@H]2OC[C@@H]3O)C1(C)S. The van der Waals surface area contributed by atoms with E-state index >= 15 is 0 Å². The number of rotatable bonds is 3. The second-order valence-electron chi connectivity index (χ2n) is 6.73. The van der Waals surface area contributed by atoms with Gasteiger partial charge in [-0.3, -0.25) is 9.59 Å². The van der Waals surface area contributed by atoms with E-state index in [9.17, 15) is 19.8 Å². The average Bonchev–Trinajstić information content (AvgIpc) is 2.99. The fraction of sp³-hybridized carbons (Fsp3) is 0.857. The van der Waals surface area contributed by atoms with Crippen LogP contribution >= 0.6 is 25.3 Å². The van der Waals surface area contributed by atoms with Crippen LogP contribution in [-0.2, 0) is 23.8 Å². The van der Waals surface area contributed by atoms with E-state index in [0.717, 1.165) is 0 Å². The minimum absolute atomic E-state index is 0.115. The molecule has 0 spiro atoms. The van der Waals surface area contributed by atoms with E-state index in [2.05, 4.69) is 25.3 Å². The lowest BCUT2D eigenvalue weighted by atomic mass is 9.56. The number of carbonyl (C=O) groups is 2. The van der Waals surface area contributed by atoms with Crippen LogP contribution in [0.25, 0.3) is 0 Å². The quantitative estimate of drug-likeness (QED) is 0.405. The maximum atomic E-state index is 12.5. The predicted molar refractivity (Wildman–Crippen MR) is 84.8 cm³/mol. The average molecular weight is 364 g/mol. The standard InChI is InChI=1S/C14H20O7S2/c1-13(22)7(11(16)17)8(14(13,2)23)12(18)21-6-4-20-9-5(15)3-19-10(6)9/h5-10,15,22-23H,3-4H2,1-2H3,(H,16,17)/t5-,6+,7?,8?,9+,10+,13?,14?/m0/s1. The molecule has 9 heteroatoms. The maximum Gasteiger partial charge on any atom is 0.311 e. The van der Waals surface area contributed by atoms with Crippen LogP contribution in [0.3, 0.4) is 0 Å². The number of thiol groups is 2. The molecule has 2 saturated heterocycles. The highest BCUT2D eigenvalue weighted by Crippen LogP contribution is 2.60. The lowest BCUT2D eigenvalue weighted by molar-refractivity contribution is -0.176. The van der Waals surface area contributed by atoms with Gasteiger partial charge in [-0.05, 0) is 13.8 Å². The van der Waals surface area contributed by atoms with Crippen molar-refractivity contribution in [2.75, 3.05) is 13.2 Å². The molecule has 0 aromatic heterocycles. The minimum Gasteiger partial charge on any atom is -0.481 e. The Balaban J connectivity index is 1.72. The molecule has 1 aliphatic carbocycles. The highest BCUT2D eigenvalue weighted by Gasteiger charge is 2.70. The van der Waals surface area contributed by atoms with Crippen molar-refractivity contribution in [1.29, 1.82) is 0 Å².